The van der Waals surface area contributed by atoms with Gasteiger partial charge in [0.05, 0.1) is 27.7 Å². The first kappa shape index (κ1) is 73.5. The summed E-state index contributed by atoms with van der Waals surface area (Å²) >= 11 is 0. The molecule has 0 rings (SSSR count). The molecule has 0 saturated carbocycles. The minimum Gasteiger partial charge on any atom is -0.756 e. The van der Waals surface area contributed by atoms with Crippen molar-refractivity contribution in [2.24, 2.45) is 0 Å². The zero-order valence-electron chi connectivity index (χ0n) is 50.2. The molecule has 0 heterocycles. The number of phosphoric ester groups is 1. The number of esters is 2. The van der Waals surface area contributed by atoms with Crippen LogP contribution in [0, 0.1) is 0 Å². The van der Waals surface area contributed by atoms with Gasteiger partial charge in [-0.1, -0.05) is 279 Å². The molecule has 0 radical (unpaired) electrons. The number of carbonyl (C=O) groups excluding carboxylic acids is 2. The van der Waals surface area contributed by atoms with Crippen molar-refractivity contribution in [3.05, 3.63) is 72.9 Å². The number of nitrogens with zero attached hydrogens (tertiary/aromatic N) is 1. The van der Waals surface area contributed by atoms with Crippen molar-refractivity contribution in [2.75, 3.05) is 47.5 Å². The maximum atomic E-state index is 12.8. The molecule has 0 amide bonds. The van der Waals surface area contributed by atoms with Crippen molar-refractivity contribution in [3.8, 4) is 0 Å². The van der Waals surface area contributed by atoms with E-state index in [0.29, 0.717) is 17.4 Å². The van der Waals surface area contributed by atoms with Gasteiger partial charge in [-0.05, 0) is 64.2 Å². The van der Waals surface area contributed by atoms with Crippen molar-refractivity contribution in [2.45, 2.75) is 290 Å². The van der Waals surface area contributed by atoms with Gasteiger partial charge < -0.3 is 27.9 Å². The first-order valence-electron chi connectivity index (χ1n) is 31.6. The van der Waals surface area contributed by atoms with Gasteiger partial charge in [0.15, 0.2) is 6.10 Å². The Kier molecular flexibility index (Phi) is 55.2. The molecule has 0 aliphatic rings. The highest BCUT2D eigenvalue weighted by molar-refractivity contribution is 7.45. The van der Waals surface area contributed by atoms with Crippen molar-refractivity contribution in [1.82, 2.24) is 0 Å². The lowest BCUT2D eigenvalue weighted by atomic mass is 10.0. The van der Waals surface area contributed by atoms with Crippen LogP contribution in [0.1, 0.15) is 284 Å². The molecule has 0 spiro atoms. The number of quaternary nitrogens is 1. The molecular weight excluding hydrogens is 966 g/mol. The molecule has 0 aliphatic heterocycles. The number of allylic oxidation sites excluding steroid dienone is 12. The average Bonchev–Trinajstić information content (AvgIpc) is 3.38. The van der Waals surface area contributed by atoms with E-state index in [1.54, 1.807) is 0 Å². The molecule has 0 N–H and O–H groups in total. The van der Waals surface area contributed by atoms with Crippen LogP contribution in [0.3, 0.4) is 0 Å². The normalized spacial score (nSPS) is 13.7. The molecule has 0 aliphatic carbocycles. The van der Waals surface area contributed by atoms with E-state index in [0.717, 1.165) is 77.0 Å². The molecule has 442 valence electrons. The van der Waals surface area contributed by atoms with Crippen molar-refractivity contribution in [3.63, 3.8) is 0 Å². The summed E-state index contributed by atoms with van der Waals surface area (Å²) in [6.07, 6.45) is 75.3. The van der Waals surface area contributed by atoms with E-state index in [2.05, 4.69) is 86.8 Å². The molecule has 0 aromatic carbocycles. The van der Waals surface area contributed by atoms with E-state index in [1.165, 1.54) is 173 Å². The van der Waals surface area contributed by atoms with Gasteiger partial charge in [0.25, 0.3) is 7.82 Å². The van der Waals surface area contributed by atoms with E-state index < -0.39 is 26.5 Å². The fourth-order valence-electron chi connectivity index (χ4n) is 8.90. The summed E-state index contributed by atoms with van der Waals surface area (Å²) in [6.45, 7) is 4.16. The Balaban J connectivity index is 4.03. The molecule has 0 aromatic heterocycles. The van der Waals surface area contributed by atoms with Crippen molar-refractivity contribution < 1.29 is 42.1 Å². The highest BCUT2D eigenvalue weighted by Gasteiger charge is 2.22. The van der Waals surface area contributed by atoms with Crippen LogP contribution in [0.25, 0.3) is 0 Å². The predicted molar refractivity (Wildman–Crippen MR) is 323 cm³/mol. The third kappa shape index (κ3) is 60.7. The van der Waals surface area contributed by atoms with Crippen LogP contribution < -0.4 is 4.89 Å². The third-order valence-corrected chi connectivity index (χ3v) is 14.7. The van der Waals surface area contributed by atoms with Crippen LogP contribution in [0.15, 0.2) is 72.9 Å². The fraction of sp³-hybridized carbons (Fsp3) is 0.788. The highest BCUT2D eigenvalue weighted by atomic mass is 31.2. The number of ether oxygens (including phenoxy) is 2. The molecule has 10 heteroatoms. The SMILES string of the molecule is CC/C=C\C/C=C\C/C=C\C/C=C\C/C=C\C/C=C\CCCCCCCCCCCCCCCCCCC(=O)OC(COC(=O)CCCCCCCCCCCCCCCCCCC)COP(=O)([O-])OCC[N+](C)(C)C. The predicted octanol–water partition coefficient (Wildman–Crippen LogP) is 19.4. The van der Waals surface area contributed by atoms with Gasteiger partial charge in [0.2, 0.25) is 0 Å². The number of carbonyl (C=O) groups is 2. The maximum Gasteiger partial charge on any atom is 0.306 e. The third-order valence-electron chi connectivity index (χ3n) is 13.7. The monoisotopic (exact) mass is 1090 g/mol. The number of unbranched alkanes of at least 4 members (excludes halogenated alkanes) is 32. The molecule has 0 saturated heterocycles. The van der Waals surface area contributed by atoms with Crippen molar-refractivity contribution >= 4 is 19.8 Å². The van der Waals surface area contributed by atoms with Gasteiger partial charge >= 0.3 is 11.9 Å². The van der Waals surface area contributed by atoms with E-state index in [-0.39, 0.29) is 32.0 Å². The molecular formula is C66H120NO8P. The molecule has 9 nitrogen and oxygen atoms in total. The van der Waals surface area contributed by atoms with Gasteiger partial charge in [-0.15, -0.1) is 0 Å². The van der Waals surface area contributed by atoms with Gasteiger partial charge in [-0.3, -0.25) is 14.2 Å². The topological polar surface area (TPSA) is 111 Å². The van der Waals surface area contributed by atoms with Crippen LogP contribution in [0.2, 0.25) is 0 Å². The summed E-state index contributed by atoms with van der Waals surface area (Å²) in [5.74, 6) is -0.821. The van der Waals surface area contributed by atoms with E-state index in [1.807, 2.05) is 21.1 Å². The fourth-order valence-corrected chi connectivity index (χ4v) is 9.63. The quantitative estimate of drug-likeness (QED) is 0.0195. The largest absolute Gasteiger partial charge is 0.756 e. The summed E-state index contributed by atoms with van der Waals surface area (Å²) in [7, 11) is 1.17. The van der Waals surface area contributed by atoms with E-state index in [9.17, 15) is 19.0 Å². The first-order valence-corrected chi connectivity index (χ1v) is 33.1. The molecule has 2 atom stereocenters. The van der Waals surface area contributed by atoms with Crippen molar-refractivity contribution in [1.29, 1.82) is 0 Å². The summed E-state index contributed by atoms with van der Waals surface area (Å²) in [5, 5.41) is 0. The van der Waals surface area contributed by atoms with Gasteiger partial charge in [-0.2, -0.15) is 0 Å². The Morgan fingerprint density at radius 2 is 0.750 bits per heavy atom. The van der Waals surface area contributed by atoms with Crippen LogP contribution in [0.5, 0.6) is 0 Å². The standard InChI is InChI=1S/C66H120NO8P/c1-6-8-10-12-14-16-18-20-22-24-25-26-27-28-29-30-31-32-33-34-35-36-37-38-39-40-41-43-45-47-49-51-53-55-57-59-66(69)75-64(63-74-76(70,71)73-61-60-67(3,4)5)62-72-65(68)58-56-54-52-50-48-46-44-42-23-21-19-17-15-13-11-9-7-2/h8,10,14,16,20,22,25-26,28-29,31-32,64H,6-7,9,11-13,15,17-19,21,23-24,27,30,33-63H2,1-5H3/b10-8-,16-14-,22-20-,26-25-,29-28-,32-31-. The first-order chi connectivity index (χ1) is 37.0. The number of phosphoric acid groups is 1. The lowest BCUT2D eigenvalue weighted by molar-refractivity contribution is -0.870. The Morgan fingerprint density at radius 3 is 1.12 bits per heavy atom. The number of rotatable bonds is 58. The summed E-state index contributed by atoms with van der Waals surface area (Å²) in [4.78, 5) is 37.9. The molecule has 0 fully saturated rings. The molecule has 0 bridgehead atoms. The lowest BCUT2D eigenvalue weighted by Gasteiger charge is -2.28. The van der Waals surface area contributed by atoms with Crippen LogP contribution in [-0.2, 0) is 32.7 Å². The summed E-state index contributed by atoms with van der Waals surface area (Å²) < 4.78 is 34.2. The Hall–Kier alpha value is -2.55. The van der Waals surface area contributed by atoms with E-state index >= 15 is 0 Å². The van der Waals surface area contributed by atoms with Gasteiger partial charge in [-0.25, -0.2) is 0 Å². The zero-order valence-corrected chi connectivity index (χ0v) is 51.1. The molecule has 76 heavy (non-hydrogen) atoms. The molecule has 2 unspecified atom stereocenters. The summed E-state index contributed by atoms with van der Waals surface area (Å²) in [6, 6.07) is 0. The smallest absolute Gasteiger partial charge is 0.306 e. The van der Waals surface area contributed by atoms with E-state index in [4.69, 9.17) is 18.5 Å². The Labute approximate surface area is 469 Å². The number of hydrogen-bond donors (Lipinski definition) is 0. The van der Waals surface area contributed by atoms with Crippen LogP contribution >= 0.6 is 7.82 Å². The highest BCUT2D eigenvalue weighted by Crippen LogP contribution is 2.38. The average molecular weight is 1090 g/mol. The maximum absolute atomic E-state index is 12.8. The van der Waals surface area contributed by atoms with Gasteiger partial charge in [0.1, 0.15) is 19.8 Å². The Morgan fingerprint density at radius 1 is 0.421 bits per heavy atom. The second kappa shape index (κ2) is 57.1. The minimum absolute atomic E-state index is 0.0302. The zero-order chi connectivity index (χ0) is 55.6. The second-order valence-electron chi connectivity index (χ2n) is 22.4. The van der Waals surface area contributed by atoms with Gasteiger partial charge in [0, 0.05) is 12.8 Å². The summed E-state index contributed by atoms with van der Waals surface area (Å²) in [5.41, 5.74) is 0. The Bertz CT molecular complexity index is 1510. The minimum atomic E-state index is -4.64. The molecule has 0 aromatic rings. The second-order valence-corrected chi connectivity index (χ2v) is 23.8. The number of hydrogen-bond acceptors (Lipinski definition) is 8. The van der Waals surface area contributed by atoms with Crippen LogP contribution in [0.4, 0.5) is 0 Å². The van der Waals surface area contributed by atoms with Crippen LogP contribution in [-0.4, -0.2) is 70.0 Å². The number of likely N-dealkylation sites (N-methyl/N-ethyl adjacent to an activating group) is 1. The lowest BCUT2D eigenvalue weighted by Crippen LogP contribution is -2.37.